The van der Waals surface area contributed by atoms with Gasteiger partial charge < -0.3 is 15.3 Å². The number of nitrogens with zero attached hydrogens (tertiary/aromatic N) is 2. The second-order valence-corrected chi connectivity index (χ2v) is 6.46. The molecule has 1 atom stereocenters. The van der Waals surface area contributed by atoms with Gasteiger partial charge in [-0.15, -0.1) is 0 Å². The lowest BCUT2D eigenvalue weighted by Crippen LogP contribution is -2.26. The Morgan fingerprint density at radius 1 is 1.48 bits per heavy atom. The molecule has 112 valence electrons. The first-order valence-corrected chi connectivity index (χ1v) is 8.18. The molecule has 1 aromatic rings. The Kier molecular flexibility index (Phi) is 4.45. The zero-order chi connectivity index (χ0) is 14.7. The van der Waals surface area contributed by atoms with Crippen LogP contribution in [-0.2, 0) is 11.3 Å². The number of nitrogens with one attached hydrogen (secondary N) is 1. The van der Waals surface area contributed by atoms with Gasteiger partial charge in [-0.3, -0.25) is 9.79 Å². The molecule has 0 aromatic heterocycles. The quantitative estimate of drug-likeness (QED) is 0.892. The fraction of sp³-hybridized carbons (Fsp3) is 0.467. The Morgan fingerprint density at radius 3 is 3.14 bits per heavy atom. The van der Waals surface area contributed by atoms with E-state index in [1.165, 1.54) is 5.56 Å². The number of aliphatic carboxylic acids is 1. The summed E-state index contributed by atoms with van der Waals surface area (Å²) < 4.78 is 0. The Bertz CT molecular complexity index is 562. The monoisotopic (exact) mass is 305 g/mol. The molecule has 1 unspecified atom stereocenters. The second kappa shape index (κ2) is 6.49. The molecule has 2 N–H and O–H groups in total. The third-order valence-corrected chi connectivity index (χ3v) is 4.81. The molecule has 0 spiro atoms. The summed E-state index contributed by atoms with van der Waals surface area (Å²) in [5.41, 5.74) is 2.37. The molecule has 0 amide bonds. The molecular formula is C15H19N3O2S. The molecule has 3 rings (SSSR count). The number of hydrogen-bond acceptors (Lipinski definition) is 5. The maximum absolute atomic E-state index is 10.9. The number of carboxylic acid groups (broad SMARTS) is 1. The molecule has 21 heavy (non-hydrogen) atoms. The van der Waals surface area contributed by atoms with Gasteiger partial charge in [0.05, 0.1) is 12.5 Å². The number of benzene rings is 1. The minimum absolute atomic E-state index is 0.188. The van der Waals surface area contributed by atoms with Crippen molar-refractivity contribution >= 4 is 28.6 Å². The van der Waals surface area contributed by atoms with Crippen LogP contribution in [0.1, 0.15) is 12.0 Å². The molecule has 2 aliphatic heterocycles. The topological polar surface area (TPSA) is 64.9 Å². The lowest BCUT2D eigenvalue weighted by Gasteiger charge is -2.19. The minimum Gasteiger partial charge on any atom is -0.481 e. The number of amidine groups is 1. The molecule has 2 aliphatic rings. The normalized spacial score (nSPS) is 21.5. The number of rotatable bonds is 4. The SMILES string of the molecule is O=C(O)C1CCN(CCSC2=NCc3ccccc3N2)C1. The van der Waals surface area contributed by atoms with E-state index in [1.807, 2.05) is 12.1 Å². The Morgan fingerprint density at radius 2 is 2.33 bits per heavy atom. The number of aliphatic imine (C=N–C) groups is 1. The van der Waals surface area contributed by atoms with E-state index in [-0.39, 0.29) is 5.92 Å². The number of likely N-dealkylation sites (tertiary alicyclic amines) is 1. The van der Waals surface area contributed by atoms with Gasteiger partial charge in [0, 0.05) is 24.5 Å². The average Bonchev–Trinajstić information content (AvgIpc) is 2.96. The number of fused-ring (bicyclic) bond motifs is 1. The Labute approximate surface area is 128 Å². The van der Waals surface area contributed by atoms with Crippen molar-refractivity contribution in [1.29, 1.82) is 0 Å². The van der Waals surface area contributed by atoms with Crippen LogP contribution in [0.3, 0.4) is 0 Å². The third-order valence-electron chi connectivity index (χ3n) is 3.92. The smallest absolute Gasteiger partial charge is 0.307 e. The zero-order valence-electron chi connectivity index (χ0n) is 11.8. The number of anilines is 1. The predicted molar refractivity (Wildman–Crippen MR) is 85.8 cm³/mol. The molecule has 0 saturated carbocycles. The summed E-state index contributed by atoms with van der Waals surface area (Å²) in [6, 6.07) is 8.21. The summed E-state index contributed by atoms with van der Waals surface area (Å²) in [7, 11) is 0. The average molecular weight is 305 g/mol. The fourth-order valence-corrected chi connectivity index (χ4v) is 3.56. The van der Waals surface area contributed by atoms with Crippen LogP contribution in [-0.4, -0.2) is 46.5 Å². The van der Waals surface area contributed by atoms with E-state index in [4.69, 9.17) is 5.11 Å². The summed E-state index contributed by atoms with van der Waals surface area (Å²) in [4.78, 5) is 17.7. The third kappa shape index (κ3) is 3.57. The van der Waals surface area contributed by atoms with E-state index < -0.39 is 5.97 Å². The van der Waals surface area contributed by atoms with E-state index in [2.05, 4.69) is 27.3 Å². The lowest BCUT2D eigenvalue weighted by molar-refractivity contribution is -0.141. The summed E-state index contributed by atoms with van der Waals surface area (Å²) >= 11 is 1.71. The summed E-state index contributed by atoms with van der Waals surface area (Å²) in [5.74, 6) is 0.0764. The van der Waals surface area contributed by atoms with Crippen molar-refractivity contribution in [2.75, 3.05) is 30.7 Å². The van der Waals surface area contributed by atoms with E-state index in [9.17, 15) is 4.79 Å². The second-order valence-electron chi connectivity index (χ2n) is 5.38. The van der Waals surface area contributed by atoms with E-state index in [0.29, 0.717) is 6.54 Å². The van der Waals surface area contributed by atoms with Crippen LogP contribution in [0.25, 0.3) is 0 Å². The molecule has 0 aliphatic carbocycles. The van der Waals surface area contributed by atoms with Gasteiger partial charge in [0.2, 0.25) is 0 Å². The molecule has 2 heterocycles. The van der Waals surface area contributed by atoms with Crippen LogP contribution in [0.2, 0.25) is 0 Å². The molecule has 5 nitrogen and oxygen atoms in total. The Balaban J connectivity index is 1.43. The van der Waals surface area contributed by atoms with Crippen LogP contribution in [0.5, 0.6) is 0 Å². The van der Waals surface area contributed by atoms with Crippen molar-refractivity contribution in [3.05, 3.63) is 29.8 Å². The van der Waals surface area contributed by atoms with Gasteiger partial charge in [0.25, 0.3) is 0 Å². The van der Waals surface area contributed by atoms with E-state index >= 15 is 0 Å². The molecule has 6 heteroatoms. The van der Waals surface area contributed by atoms with Gasteiger partial charge in [-0.25, -0.2) is 0 Å². The first-order chi connectivity index (χ1) is 10.2. The van der Waals surface area contributed by atoms with Crippen molar-refractivity contribution in [3.8, 4) is 0 Å². The fourth-order valence-electron chi connectivity index (χ4n) is 2.68. The van der Waals surface area contributed by atoms with Crippen molar-refractivity contribution in [2.45, 2.75) is 13.0 Å². The van der Waals surface area contributed by atoms with Crippen LogP contribution in [0.15, 0.2) is 29.3 Å². The Hall–Kier alpha value is -1.53. The molecule has 1 aromatic carbocycles. The van der Waals surface area contributed by atoms with Crippen LogP contribution < -0.4 is 5.32 Å². The standard InChI is InChI=1S/C15H19N3O2S/c19-14(20)12-5-6-18(10-12)7-8-21-15-16-9-11-3-1-2-4-13(11)17-15/h1-4,12H,5-10H2,(H,16,17)(H,19,20). The highest BCUT2D eigenvalue weighted by molar-refractivity contribution is 8.14. The molecule has 1 fully saturated rings. The highest BCUT2D eigenvalue weighted by Crippen LogP contribution is 2.23. The molecule has 0 bridgehead atoms. The van der Waals surface area contributed by atoms with Crippen molar-refractivity contribution in [1.82, 2.24) is 4.90 Å². The number of carboxylic acids is 1. The first-order valence-electron chi connectivity index (χ1n) is 7.20. The van der Waals surface area contributed by atoms with Gasteiger partial charge >= 0.3 is 5.97 Å². The first kappa shape index (κ1) is 14.4. The van der Waals surface area contributed by atoms with Crippen molar-refractivity contribution < 1.29 is 9.90 Å². The predicted octanol–water partition coefficient (Wildman–Crippen LogP) is 2.11. The number of thioether (sulfide) groups is 1. The van der Waals surface area contributed by atoms with Gasteiger partial charge in [-0.1, -0.05) is 30.0 Å². The van der Waals surface area contributed by atoms with Crippen molar-refractivity contribution in [3.63, 3.8) is 0 Å². The number of carbonyl (C=O) groups is 1. The summed E-state index contributed by atoms with van der Waals surface area (Å²) in [6.07, 6.45) is 0.770. The highest BCUT2D eigenvalue weighted by atomic mass is 32.2. The van der Waals surface area contributed by atoms with E-state index in [0.717, 1.165) is 42.7 Å². The maximum atomic E-state index is 10.9. The lowest BCUT2D eigenvalue weighted by atomic mass is 10.1. The summed E-state index contributed by atoms with van der Waals surface area (Å²) in [5, 5.41) is 13.3. The molecular weight excluding hydrogens is 286 g/mol. The molecule has 0 radical (unpaired) electrons. The largest absolute Gasteiger partial charge is 0.481 e. The highest BCUT2D eigenvalue weighted by Gasteiger charge is 2.27. The van der Waals surface area contributed by atoms with E-state index in [1.54, 1.807) is 11.8 Å². The summed E-state index contributed by atoms with van der Waals surface area (Å²) in [6.45, 7) is 3.21. The minimum atomic E-state index is -0.667. The van der Waals surface area contributed by atoms with Crippen molar-refractivity contribution in [2.24, 2.45) is 10.9 Å². The maximum Gasteiger partial charge on any atom is 0.307 e. The van der Waals surface area contributed by atoms with Gasteiger partial charge in [0.15, 0.2) is 5.17 Å². The van der Waals surface area contributed by atoms with Crippen LogP contribution >= 0.6 is 11.8 Å². The number of hydrogen-bond donors (Lipinski definition) is 2. The van der Waals surface area contributed by atoms with Gasteiger partial charge in [-0.05, 0) is 24.6 Å². The van der Waals surface area contributed by atoms with Crippen LogP contribution in [0, 0.1) is 5.92 Å². The van der Waals surface area contributed by atoms with Crippen LogP contribution in [0.4, 0.5) is 5.69 Å². The number of para-hydroxylation sites is 1. The zero-order valence-corrected chi connectivity index (χ0v) is 12.6. The van der Waals surface area contributed by atoms with Gasteiger partial charge in [-0.2, -0.15) is 0 Å². The van der Waals surface area contributed by atoms with Gasteiger partial charge in [0.1, 0.15) is 0 Å². The molecule has 1 saturated heterocycles.